The largest absolute Gasteiger partial charge is 0.444 e. The number of nitrogens with zero attached hydrogens (tertiary/aromatic N) is 1. The van der Waals surface area contributed by atoms with Gasteiger partial charge in [-0.2, -0.15) is 0 Å². The van der Waals surface area contributed by atoms with E-state index in [-0.39, 0.29) is 23.8 Å². The first-order valence-corrected chi connectivity index (χ1v) is 14.2. The summed E-state index contributed by atoms with van der Waals surface area (Å²) in [4.78, 5) is 42.9. The molecule has 1 fully saturated rings. The fourth-order valence-electron chi connectivity index (χ4n) is 5.06. The first-order chi connectivity index (χ1) is 19.0. The molecule has 1 aliphatic carbocycles. The summed E-state index contributed by atoms with van der Waals surface area (Å²) in [6, 6.07) is 21.4. The van der Waals surface area contributed by atoms with E-state index in [1.165, 1.54) is 0 Å². The number of carbonyl (C=O) groups excluding carboxylic acids is 3. The number of benzene rings is 3. The second-order valence-electron chi connectivity index (χ2n) is 12.0. The molecule has 2 unspecified atom stereocenters. The average Bonchev–Trinajstić information content (AvgIpc) is 2.85. The minimum Gasteiger partial charge on any atom is -0.444 e. The molecule has 7 nitrogen and oxygen atoms in total. The maximum Gasteiger partial charge on any atom is 0.408 e. The molecule has 40 heavy (non-hydrogen) atoms. The highest BCUT2D eigenvalue weighted by molar-refractivity contribution is 6.00. The van der Waals surface area contributed by atoms with Crippen LogP contribution >= 0.6 is 0 Å². The maximum atomic E-state index is 14.3. The van der Waals surface area contributed by atoms with Crippen LogP contribution in [0.1, 0.15) is 71.9 Å². The molecule has 0 aromatic heterocycles. The molecule has 0 saturated heterocycles. The molecule has 1 saturated carbocycles. The van der Waals surface area contributed by atoms with Crippen LogP contribution in [0.15, 0.2) is 72.8 Å². The van der Waals surface area contributed by atoms with Gasteiger partial charge in [-0.25, -0.2) is 4.79 Å². The van der Waals surface area contributed by atoms with Crippen molar-refractivity contribution >= 4 is 34.4 Å². The molecular weight excluding hydrogens is 502 g/mol. The molecule has 2 N–H and O–H groups in total. The van der Waals surface area contributed by atoms with Crippen molar-refractivity contribution in [1.29, 1.82) is 0 Å². The molecule has 3 amide bonds. The Morgan fingerprint density at radius 2 is 1.57 bits per heavy atom. The molecule has 0 bridgehead atoms. The Labute approximate surface area is 237 Å². The van der Waals surface area contributed by atoms with E-state index in [1.807, 2.05) is 86.6 Å². The summed E-state index contributed by atoms with van der Waals surface area (Å²) < 4.78 is 5.49. The van der Waals surface area contributed by atoms with Gasteiger partial charge in [0.05, 0.1) is 0 Å². The fraction of sp³-hybridized carbons (Fsp3) is 0.424. The Kier molecular flexibility index (Phi) is 9.13. The van der Waals surface area contributed by atoms with Crippen molar-refractivity contribution in [3.63, 3.8) is 0 Å². The van der Waals surface area contributed by atoms with Gasteiger partial charge in [-0.3, -0.25) is 9.59 Å². The average molecular weight is 544 g/mol. The van der Waals surface area contributed by atoms with Crippen molar-refractivity contribution in [2.24, 2.45) is 5.92 Å². The van der Waals surface area contributed by atoms with Crippen LogP contribution in [0.4, 0.5) is 10.5 Å². The highest BCUT2D eigenvalue weighted by Gasteiger charge is 2.42. The number of hydrogen-bond donors (Lipinski definition) is 2. The monoisotopic (exact) mass is 543 g/mol. The molecule has 7 heteroatoms. The van der Waals surface area contributed by atoms with E-state index >= 15 is 0 Å². The molecule has 4 rings (SSSR count). The van der Waals surface area contributed by atoms with Crippen LogP contribution in [0.25, 0.3) is 10.8 Å². The van der Waals surface area contributed by atoms with Gasteiger partial charge in [-0.05, 0) is 80.8 Å². The number of rotatable bonds is 9. The SMILES string of the molecule is CC(C)CC(NC(=O)OC(C)(C)C)C(=O)N(C1CCC1)C(C(=O)Nc1ccc2ccccc2c1)c1ccccc1. The molecule has 0 radical (unpaired) electrons. The zero-order chi connectivity index (χ0) is 28.9. The quantitative estimate of drug-likeness (QED) is 0.309. The molecule has 0 aliphatic heterocycles. The summed E-state index contributed by atoms with van der Waals surface area (Å²) in [5, 5.41) is 7.99. The molecule has 3 aromatic rings. The van der Waals surface area contributed by atoms with Gasteiger partial charge < -0.3 is 20.3 Å². The smallest absolute Gasteiger partial charge is 0.408 e. The van der Waals surface area contributed by atoms with Crippen molar-refractivity contribution in [2.75, 3.05) is 5.32 Å². The number of fused-ring (bicyclic) bond motifs is 1. The zero-order valence-corrected chi connectivity index (χ0v) is 24.1. The molecule has 1 aliphatic rings. The van der Waals surface area contributed by atoms with Crippen molar-refractivity contribution in [3.05, 3.63) is 78.4 Å². The zero-order valence-electron chi connectivity index (χ0n) is 24.1. The van der Waals surface area contributed by atoms with Crippen LogP contribution in [0.5, 0.6) is 0 Å². The molecule has 212 valence electrons. The third-order valence-corrected chi connectivity index (χ3v) is 7.08. The Balaban J connectivity index is 1.68. The minimum atomic E-state index is -0.861. The first-order valence-electron chi connectivity index (χ1n) is 14.2. The van der Waals surface area contributed by atoms with Gasteiger partial charge in [-0.15, -0.1) is 0 Å². The summed E-state index contributed by atoms with van der Waals surface area (Å²) >= 11 is 0. The van der Waals surface area contributed by atoms with Gasteiger partial charge in [0.2, 0.25) is 5.91 Å². The summed E-state index contributed by atoms with van der Waals surface area (Å²) in [7, 11) is 0. The Bertz CT molecular complexity index is 1330. The standard InChI is InChI=1S/C33H41N3O4/c1-22(2)20-28(35-32(39)40-33(3,4)5)31(38)36(27-16-11-17-27)29(24-13-7-6-8-14-24)30(37)34-26-19-18-23-12-9-10-15-25(23)21-26/h6-10,12-15,18-19,21-22,27-29H,11,16-17,20H2,1-5H3,(H,34,37)(H,35,39). The molecule has 3 aromatic carbocycles. The van der Waals surface area contributed by atoms with Crippen molar-refractivity contribution in [3.8, 4) is 0 Å². The van der Waals surface area contributed by atoms with Crippen LogP contribution in [0, 0.1) is 5.92 Å². The number of carbonyl (C=O) groups is 3. The van der Waals surface area contributed by atoms with Crippen LogP contribution in [-0.2, 0) is 14.3 Å². The van der Waals surface area contributed by atoms with Crippen molar-refractivity contribution in [1.82, 2.24) is 10.2 Å². The van der Waals surface area contributed by atoms with E-state index in [2.05, 4.69) is 10.6 Å². The number of ether oxygens (including phenoxy) is 1. The van der Waals surface area contributed by atoms with Crippen LogP contribution in [0.3, 0.4) is 0 Å². The number of nitrogens with one attached hydrogen (secondary N) is 2. The van der Waals surface area contributed by atoms with E-state index < -0.39 is 23.8 Å². The van der Waals surface area contributed by atoms with Crippen LogP contribution in [0.2, 0.25) is 0 Å². The van der Waals surface area contributed by atoms with Gasteiger partial charge in [0.25, 0.3) is 5.91 Å². The molecule has 2 atom stereocenters. The first kappa shape index (κ1) is 29.1. The lowest BCUT2D eigenvalue weighted by molar-refractivity contribution is -0.146. The number of alkyl carbamates (subject to hydrolysis) is 1. The lowest BCUT2D eigenvalue weighted by atomic mass is 9.87. The third-order valence-electron chi connectivity index (χ3n) is 7.08. The number of amides is 3. The number of hydrogen-bond acceptors (Lipinski definition) is 4. The lowest BCUT2D eigenvalue weighted by Gasteiger charge is -2.43. The highest BCUT2D eigenvalue weighted by Crippen LogP contribution is 2.35. The second-order valence-corrected chi connectivity index (χ2v) is 12.0. The summed E-state index contributed by atoms with van der Waals surface area (Å²) in [5.74, 6) is -0.428. The topological polar surface area (TPSA) is 87.7 Å². The Hall–Kier alpha value is -3.87. The van der Waals surface area contributed by atoms with E-state index in [4.69, 9.17) is 4.74 Å². The summed E-state index contributed by atoms with van der Waals surface area (Å²) in [5.41, 5.74) is 0.688. The van der Waals surface area contributed by atoms with Crippen molar-refractivity contribution < 1.29 is 19.1 Å². The molecule has 0 heterocycles. The highest BCUT2D eigenvalue weighted by atomic mass is 16.6. The predicted octanol–water partition coefficient (Wildman–Crippen LogP) is 6.84. The second kappa shape index (κ2) is 12.5. The molecular formula is C33H41N3O4. The summed E-state index contributed by atoms with van der Waals surface area (Å²) in [6.45, 7) is 9.37. The van der Waals surface area contributed by atoms with Gasteiger partial charge in [0.15, 0.2) is 0 Å². The van der Waals surface area contributed by atoms with Crippen molar-refractivity contribution in [2.45, 2.75) is 84.0 Å². The third kappa shape index (κ3) is 7.40. The van der Waals surface area contributed by atoms with Crippen LogP contribution in [-0.4, -0.2) is 40.5 Å². The Morgan fingerprint density at radius 1 is 0.925 bits per heavy atom. The number of anilines is 1. The molecule has 0 spiro atoms. The Morgan fingerprint density at radius 3 is 2.17 bits per heavy atom. The van der Waals surface area contributed by atoms with Crippen LogP contribution < -0.4 is 10.6 Å². The van der Waals surface area contributed by atoms with E-state index in [0.717, 1.165) is 35.6 Å². The van der Waals surface area contributed by atoms with Gasteiger partial charge in [-0.1, -0.05) is 74.5 Å². The summed E-state index contributed by atoms with van der Waals surface area (Å²) in [6.07, 6.45) is 2.38. The van der Waals surface area contributed by atoms with E-state index in [9.17, 15) is 14.4 Å². The lowest BCUT2D eigenvalue weighted by Crippen LogP contribution is -2.57. The van der Waals surface area contributed by atoms with Gasteiger partial charge in [0, 0.05) is 11.7 Å². The van der Waals surface area contributed by atoms with E-state index in [1.54, 1.807) is 25.7 Å². The van der Waals surface area contributed by atoms with Gasteiger partial charge in [0.1, 0.15) is 17.7 Å². The normalized spacial score (nSPS) is 15.2. The fourth-order valence-corrected chi connectivity index (χ4v) is 5.06. The van der Waals surface area contributed by atoms with Gasteiger partial charge >= 0.3 is 6.09 Å². The predicted molar refractivity (Wildman–Crippen MR) is 159 cm³/mol. The minimum absolute atomic E-state index is 0.102. The van der Waals surface area contributed by atoms with E-state index in [0.29, 0.717) is 12.1 Å². The maximum absolute atomic E-state index is 14.3.